The topological polar surface area (TPSA) is 77.5 Å². The van der Waals surface area contributed by atoms with Crippen LogP contribution >= 0.6 is 0 Å². The molecule has 0 saturated heterocycles. The number of carboxylic acids is 1. The van der Waals surface area contributed by atoms with Crippen molar-refractivity contribution in [2.45, 2.75) is 25.1 Å². The van der Waals surface area contributed by atoms with E-state index in [1.165, 1.54) is 36.2 Å². The van der Waals surface area contributed by atoms with E-state index in [1.54, 1.807) is 12.1 Å². The van der Waals surface area contributed by atoms with Crippen LogP contribution in [0.25, 0.3) is 0 Å². The zero-order chi connectivity index (χ0) is 24.3. The summed E-state index contributed by atoms with van der Waals surface area (Å²) < 4.78 is 37.8. The Balaban J connectivity index is 1.48. The molecule has 34 heavy (non-hydrogen) atoms. The molecule has 0 spiro atoms. The van der Waals surface area contributed by atoms with Crippen LogP contribution in [0.1, 0.15) is 33.1 Å². The van der Waals surface area contributed by atoms with Crippen LogP contribution in [-0.2, 0) is 12.8 Å². The Kier molecular flexibility index (Phi) is 6.74. The molecule has 178 valence electrons. The van der Waals surface area contributed by atoms with Crippen LogP contribution in [0.2, 0.25) is 0 Å². The third-order valence-corrected chi connectivity index (χ3v) is 5.95. The lowest BCUT2D eigenvalue weighted by atomic mass is 9.93. The quantitative estimate of drug-likeness (QED) is 0.454. The number of aromatic carboxylic acids is 1. The number of carboxylic acid groups (broad SMARTS) is 1. The molecular weight excluding hydrogens is 445 g/mol. The standard InChI is InChI=1S/C25H25F3N4O2/c1-32(18-4-2-16(3-5-18)13-25(26,27)28)19-6-7-20-17(12-19)8-11-30-23(20)15-31-22-14-29-10-9-21(22)24(33)34/h2-7,9-10,12,14,23,30-31H,8,11,13,15H2,1H3,(H,33,34). The first-order valence-electron chi connectivity index (χ1n) is 10.9. The molecule has 1 aliphatic heterocycles. The number of fused-ring (bicyclic) bond motifs is 1. The van der Waals surface area contributed by atoms with Gasteiger partial charge in [0.05, 0.1) is 23.9 Å². The number of carbonyl (C=O) groups is 1. The largest absolute Gasteiger partial charge is 0.478 e. The molecule has 9 heteroatoms. The maximum absolute atomic E-state index is 12.6. The van der Waals surface area contributed by atoms with Gasteiger partial charge in [-0.1, -0.05) is 18.2 Å². The number of aromatic nitrogens is 1. The lowest BCUT2D eigenvalue weighted by Gasteiger charge is -2.29. The normalized spacial score (nSPS) is 15.5. The number of anilines is 3. The predicted molar refractivity (Wildman–Crippen MR) is 125 cm³/mol. The summed E-state index contributed by atoms with van der Waals surface area (Å²) >= 11 is 0. The van der Waals surface area contributed by atoms with Gasteiger partial charge in [-0.25, -0.2) is 4.79 Å². The second kappa shape index (κ2) is 9.72. The van der Waals surface area contributed by atoms with Crippen LogP contribution in [0.3, 0.4) is 0 Å². The summed E-state index contributed by atoms with van der Waals surface area (Å²) in [5.74, 6) is -1.01. The van der Waals surface area contributed by atoms with Gasteiger partial charge in [0, 0.05) is 37.2 Å². The van der Waals surface area contributed by atoms with Crippen LogP contribution < -0.4 is 15.5 Å². The number of alkyl halides is 3. The maximum atomic E-state index is 12.6. The molecule has 0 fully saturated rings. The van der Waals surface area contributed by atoms with Crippen molar-refractivity contribution in [3.05, 3.63) is 83.2 Å². The Morgan fingerprint density at radius 1 is 1.18 bits per heavy atom. The van der Waals surface area contributed by atoms with Gasteiger partial charge in [-0.15, -0.1) is 0 Å². The van der Waals surface area contributed by atoms with Gasteiger partial charge in [0.1, 0.15) is 0 Å². The zero-order valence-corrected chi connectivity index (χ0v) is 18.6. The van der Waals surface area contributed by atoms with E-state index in [-0.39, 0.29) is 17.2 Å². The molecule has 1 aromatic heterocycles. The lowest BCUT2D eigenvalue weighted by Crippen LogP contribution is -2.34. The third kappa shape index (κ3) is 5.48. The minimum atomic E-state index is -4.22. The lowest BCUT2D eigenvalue weighted by molar-refractivity contribution is -0.127. The summed E-state index contributed by atoms with van der Waals surface area (Å²) in [6, 6.07) is 14.0. The fourth-order valence-corrected chi connectivity index (χ4v) is 4.18. The highest BCUT2D eigenvalue weighted by Crippen LogP contribution is 2.31. The van der Waals surface area contributed by atoms with Crippen molar-refractivity contribution in [3.8, 4) is 0 Å². The van der Waals surface area contributed by atoms with E-state index in [4.69, 9.17) is 0 Å². The Morgan fingerprint density at radius 2 is 1.91 bits per heavy atom. The second-order valence-electron chi connectivity index (χ2n) is 8.26. The predicted octanol–water partition coefficient (Wildman–Crippen LogP) is 4.95. The fourth-order valence-electron chi connectivity index (χ4n) is 4.18. The molecule has 3 aromatic rings. The molecule has 0 radical (unpaired) electrons. The van der Waals surface area contributed by atoms with Crippen molar-refractivity contribution >= 4 is 23.0 Å². The van der Waals surface area contributed by atoms with E-state index in [2.05, 4.69) is 21.7 Å². The average molecular weight is 470 g/mol. The Labute approximate surface area is 195 Å². The van der Waals surface area contributed by atoms with E-state index in [0.29, 0.717) is 12.2 Å². The van der Waals surface area contributed by atoms with Gasteiger partial charge in [-0.05, 0) is 60.0 Å². The number of nitrogens with one attached hydrogen (secondary N) is 2. The highest BCUT2D eigenvalue weighted by atomic mass is 19.4. The zero-order valence-electron chi connectivity index (χ0n) is 18.6. The molecule has 0 aliphatic carbocycles. The SMILES string of the molecule is CN(c1ccc(CC(F)(F)F)cc1)c1ccc2c(c1)CCNC2CNc1cnccc1C(=O)O. The number of halogens is 3. The van der Waals surface area contributed by atoms with E-state index in [0.717, 1.165) is 29.9 Å². The van der Waals surface area contributed by atoms with Gasteiger partial charge in [0.15, 0.2) is 0 Å². The van der Waals surface area contributed by atoms with Crippen molar-refractivity contribution in [1.29, 1.82) is 0 Å². The number of hydrogen-bond donors (Lipinski definition) is 3. The van der Waals surface area contributed by atoms with Gasteiger partial charge in [0.25, 0.3) is 0 Å². The Bertz CT molecular complexity index is 1170. The van der Waals surface area contributed by atoms with E-state index in [1.807, 2.05) is 24.1 Å². The van der Waals surface area contributed by atoms with Crippen molar-refractivity contribution in [2.75, 3.05) is 30.4 Å². The molecule has 0 saturated carbocycles. The van der Waals surface area contributed by atoms with Gasteiger partial charge in [-0.3, -0.25) is 4.98 Å². The average Bonchev–Trinajstić information content (AvgIpc) is 2.81. The first-order valence-corrected chi connectivity index (χ1v) is 10.9. The third-order valence-electron chi connectivity index (χ3n) is 5.95. The molecule has 1 unspecified atom stereocenters. The van der Waals surface area contributed by atoms with E-state index >= 15 is 0 Å². The summed E-state index contributed by atoms with van der Waals surface area (Å²) in [6.07, 6.45) is -1.37. The van der Waals surface area contributed by atoms with Gasteiger partial charge in [-0.2, -0.15) is 13.2 Å². The molecule has 0 bridgehead atoms. The monoisotopic (exact) mass is 470 g/mol. The molecule has 0 amide bonds. The Hall–Kier alpha value is -3.59. The smallest absolute Gasteiger partial charge is 0.393 e. The number of nitrogens with zero attached hydrogens (tertiary/aromatic N) is 2. The van der Waals surface area contributed by atoms with E-state index in [9.17, 15) is 23.1 Å². The first kappa shape index (κ1) is 23.6. The highest BCUT2D eigenvalue weighted by molar-refractivity contribution is 5.93. The molecule has 1 atom stereocenters. The van der Waals surface area contributed by atoms with Crippen LogP contribution in [0.4, 0.5) is 30.2 Å². The molecule has 4 rings (SSSR count). The molecule has 2 aromatic carbocycles. The van der Waals surface area contributed by atoms with Crippen LogP contribution in [0, 0.1) is 0 Å². The highest BCUT2D eigenvalue weighted by Gasteiger charge is 2.27. The van der Waals surface area contributed by atoms with Gasteiger partial charge < -0.3 is 20.6 Å². The van der Waals surface area contributed by atoms with Crippen molar-refractivity contribution in [2.24, 2.45) is 0 Å². The molecular formula is C25H25F3N4O2. The second-order valence-corrected chi connectivity index (χ2v) is 8.26. The van der Waals surface area contributed by atoms with Crippen LogP contribution in [0.5, 0.6) is 0 Å². The minimum absolute atomic E-state index is 0.00777. The molecule has 1 aliphatic rings. The summed E-state index contributed by atoms with van der Waals surface area (Å²) in [5.41, 5.74) is 4.91. The van der Waals surface area contributed by atoms with E-state index < -0.39 is 18.6 Å². The number of hydrogen-bond acceptors (Lipinski definition) is 5. The molecule has 6 nitrogen and oxygen atoms in total. The van der Waals surface area contributed by atoms with Crippen molar-refractivity contribution in [1.82, 2.24) is 10.3 Å². The summed E-state index contributed by atoms with van der Waals surface area (Å²) in [6.45, 7) is 1.27. The van der Waals surface area contributed by atoms with Crippen molar-refractivity contribution < 1.29 is 23.1 Å². The number of benzene rings is 2. The van der Waals surface area contributed by atoms with Crippen LogP contribution in [0.15, 0.2) is 60.9 Å². The summed E-state index contributed by atoms with van der Waals surface area (Å²) in [5, 5.41) is 16.0. The van der Waals surface area contributed by atoms with Crippen LogP contribution in [-0.4, -0.2) is 42.4 Å². The first-order chi connectivity index (χ1) is 16.2. The number of pyridine rings is 1. The maximum Gasteiger partial charge on any atom is 0.393 e. The summed E-state index contributed by atoms with van der Waals surface area (Å²) in [4.78, 5) is 17.4. The molecule has 3 N–H and O–H groups in total. The fraction of sp³-hybridized carbons (Fsp3) is 0.280. The summed E-state index contributed by atoms with van der Waals surface area (Å²) in [7, 11) is 1.89. The van der Waals surface area contributed by atoms with Gasteiger partial charge in [0.2, 0.25) is 0 Å². The van der Waals surface area contributed by atoms with Gasteiger partial charge >= 0.3 is 12.1 Å². The number of rotatable bonds is 7. The Morgan fingerprint density at radius 3 is 2.62 bits per heavy atom. The minimum Gasteiger partial charge on any atom is -0.478 e. The molecule has 2 heterocycles. The van der Waals surface area contributed by atoms with Crippen molar-refractivity contribution in [3.63, 3.8) is 0 Å².